The van der Waals surface area contributed by atoms with E-state index in [2.05, 4.69) is 25.8 Å². The predicted molar refractivity (Wildman–Crippen MR) is 124 cm³/mol. The minimum atomic E-state index is -0.326. The molecule has 0 atom stereocenters. The molecule has 0 unspecified atom stereocenters. The molecule has 0 aromatic heterocycles. The quantitative estimate of drug-likeness (QED) is 0.145. The molecule has 0 bridgehead atoms. The number of piperidine rings is 1. The van der Waals surface area contributed by atoms with Crippen molar-refractivity contribution in [1.82, 2.24) is 20.9 Å². The van der Waals surface area contributed by atoms with Crippen LogP contribution in [0.1, 0.15) is 30.1 Å². The highest BCUT2D eigenvalue weighted by Crippen LogP contribution is 2.14. The number of carbonyl (C=O) groups is 2. The normalized spacial score (nSPS) is 15.3. The molecule has 1 aliphatic rings. The Kier molecular flexibility index (Phi) is 11.4. The van der Waals surface area contributed by atoms with Crippen molar-refractivity contribution in [2.24, 2.45) is 10.7 Å². The number of hydrogen-bond acceptors (Lipinski definition) is 5. The molecule has 6 N–H and O–H groups in total. The fourth-order valence-electron chi connectivity index (χ4n) is 3.07. The third kappa shape index (κ3) is 8.86. The Labute approximate surface area is 188 Å². The van der Waals surface area contributed by atoms with Crippen molar-refractivity contribution < 1.29 is 14.7 Å². The molecule has 1 aromatic carbocycles. The molecule has 1 saturated heterocycles. The maximum Gasteiger partial charge on any atom is 0.255 e. The Bertz CT molecular complexity index is 692. The van der Waals surface area contributed by atoms with Crippen LogP contribution >= 0.6 is 24.0 Å². The summed E-state index contributed by atoms with van der Waals surface area (Å²) in [6.45, 7) is 5.43. The highest BCUT2D eigenvalue weighted by atomic mass is 127. The van der Waals surface area contributed by atoms with Gasteiger partial charge in [0.1, 0.15) is 5.75 Å². The molecule has 1 aliphatic heterocycles. The van der Waals surface area contributed by atoms with Crippen LogP contribution in [-0.4, -0.2) is 73.1 Å². The summed E-state index contributed by atoms with van der Waals surface area (Å²) in [6.07, 6.45) is 1.81. The van der Waals surface area contributed by atoms with Crippen LogP contribution in [0.2, 0.25) is 0 Å². The van der Waals surface area contributed by atoms with Crippen molar-refractivity contribution in [3.8, 4) is 5.75 Å². The molecule has 10 heteroatoms. The molecular weight excluding hydrogens is 487 g/mol. The molecule has 29 heavy (non-hydrogen) atoms. The highest BCUT2D eigenvalue weighted by Gasteiger charge is 2.20. The van der Waals surface area contributed by atoms with E-state index in [0.29, 0.717) is 25.6 Å². The molecule has 2 rings (SSSR count). The number of halogens is 1. The van der Waals surface area contributed by atoms with Gasteiger partial charge in [0.05, 0.1) is 18.7 Å². The van der Waals surface area contributed by atoms with Crippen LogP contribution in [0.3, 0.4) is 0 Å². The first-order valence-electron chi connectivity index (χ1n) is 9.61. The van der Waals surface area contributed by atoms with Gasteiger partial charge in [-0.05, 0) is 31.9 Å². The van der Waals surface area contributed by atoms with E-state index in [0.717, 1.165) is 32.5 Å². The number of phenolic OH excluding ortho intramolecular Hbond substituents is 1. The molecule has 1 fully saturated rings. The topological polar surface area (TPSA) is 132 Å². The van der Waals surface area contributed by atoms with Gasteiger partial charge < -0.3 is 26.8 Å². The Morgan fingerprint density at radius 2 is 1.93 bits per heavy atom. The van der Waals surface area contributed by atoms with Gasteiger partial charge in [-0.25, -0.2) is 0 Å². The number of nitrogens with one attached hydrogen (secondary N) is 3. The number of hydrogen-bond donors (Lipinski definition) is 5. The number of likely N-dealkylation sites (tertiary alicyclic amines) is 1. The molecular formula is C19H31IN6O3. The lowest BCUT2D eigenvalue weighted by molar-refractivity contribution is -0.119. The van der Waals surface area contributed by atoms with Gasteiger partial charge in [-0.1, -0.05) is 12.1 Å². The SMILES string of the molecule is CCNC(=NCCNC(=O)c1ccccc1O)NC1CCN(CC(N)=O)CC1.I. The van der Waals surface area contributed by atoms with Gasteiger partial charge in [-0.3, -0.25) is 19.5 Å². The smallest absolute Gasteiger partial charge is 0.255 e. The number of nitrogens with zero attached hydrogens (tertiary/aromatic N) is 2. The number of guanidine groups is 1. The van der Waals surface area contributed by atoms with E-state index in [1.807, 2.05) is 6.92 Å². The second-order valence-corrected chi connectivity index (χ2v) is 6.69. The zero-order valence-corrected chi connectivity index (χ0v) is 19.0. The molecule has 162 valence electrons. The maximum atomic E-state index is 12.1. The zero-order chi connectivity index (χ0) is 20.4. The molecule has 1 heterocycles. The van der Waals surface area contributed by atoms with Crippen LogP contribution < -0.4 is 21.7 Å². The van der Waals surface area contributed by atoms with Crippen LogP contribution in [0, 0.1) is 0 Å². The third-order valence-corrected chi connectivity index (χ3v) is 4.47. The number of amides is 2. The summed E-state index contributed by atoms with van der Waals surface area (Å²) < 4.78 is 0. The van der Waals surface area contributed by atoms with E-state index in [4.69, 9.17) is 5.73 Å². The number of para-hydroxylation sites is 1. The molecule has 9 nitrogen and oxygen atoms in total. The Hall–Kier alpha value is -2.08. The summed E-state index contributed by atoms with van der Waals surface area (Å²) in [5.41, 5.74) is 5.49. The average molecular weight is 518 g/mol. The van der Waals surface area contributed by atoms with Crippen LogP contribution in [-0.2, 0) is 4.79 Å². The maximum absolute atomic E-state index is 12.1. The van der Waals surface area contributed by atoms with Gasteiger partial charge in [-0.15, -0.1) is 24.0 Å². The van der Waals surface area contributed by atoms with Crippen molar-refractivity contribution in [3.63, 3.8) is 0 Å². The van der Waals surface area contributed by atoms with E-state index in [-0.39, 0.29) is 53.1 Å². The van der Waals surface area contributed by atoms with Crippen LogP contribution in [0.25, 0.3) is 0 Å². The molecule has 2 amide bonds. The monoisotopic (exact) mass is 518 g/mol. The molecule has 0 radical (unpaired) electrons. The summed E-state index contributed by atoms with van der Waals surface area (Å²) in [6, 6.07) is 6.70. The van der Waals surface area contributed by atoms with Gasteiger partial charge >= 0.3 is 0 Å². The van der Waals surface area contributed by atoms with Crippen molar-refractivity contribution >= 4 is 41.8 Å². The van der Waals surface area contributed by atoms with Gasteiger partial charge in [-0.2, -0.15) is 0 Å². The molecule has 1 aromatic rings. The van der Waals surface area contributed by atoms with E-state index in [9.17, 15) is 14.7 Å². The first-order chi connectivity index (χ1) is 13.5. The van der Waals surface area contributed by atoms with Crippen LogP contribution in [0.15, 0.2) is 29.3 Å². The summed E-state index contributed by atoms with van der Waals surface area (Å²) in [7, 11) is 0. The Balaban J connectivity index is 0.00000420. The third-order valence-electron chi connectivity index (χ3n) is 4.47. The molecule has 0 aliphatic carbocycles. The molecule has 0 spiro atoms. The highest BCUT2D eigenvalue weighted by molar-refractivity contribution is 14.0. The molecule has 0 saturated carbocycles. The average Bonchev–Trinajstić information content (AvgIpc) is 2.66. The minimum absolute atomic E-state index is 0. The number of primary amides is 1. The predicted octanol–water partition coefficient (Wildman–Crippen LogP) is 0.245. The van der Waals surface area contributed by atoms with Gasteiger partial charge in [0.15, 0.2) is 5.96 Å². The number of rotatable bonds is 8. The van der Waals surface area contributed by atoms with E-state index >= 15 is 0 Å². The van der Waals surface area contributed by atoms with Gasteiger partial charge in [0.25, 0.3) is 5.91 Å². The number of aromatic hydroxyl groups is 1. The number of benzene rings is 1. The van der Waals surface area contributed by atoms with Gasteiger partial charge in [0, 0.05) is 32.2 Å². The zero-order valence-electron chi connectivity index (χ0n) is 16.7. The lowest BCUT2D eigenvalue weighted by Gasteiger charge is -2.32. The van der Waals surface area contributed by atoms with E-state index in [1.54, 1.807) is 18.2 Å². The minimum Gasteiger partial charge on any atom is -0.507 e. The van der Waals surface area contributed by atoms with Crippen molar-refractivity contribution in [3.05, 3.63) is 29.8 Å². The fraction of sp³-hybridized carbons (Fsp3) is 0.526. The number of aliphatic imine (C=N–C) groups is 1. The Morgan fingerprint density at radius 3 is 2.55 bits per heavy atom. The summed E-state index contributed by atoms with van der Waals surface area (Å²) in [5, 5.41) is 19.1. The fourth-order valence-corrected chi connectivity index (χ4v) is 3.07. The lowest BCUT2D eigenvalue weighted by Crippen LogP contribution is -2.50. The van der Waals surface area contributed by atoms with E-state index in [1.165, 1.54) is 6.07 Å². The number of nitrogens with two attached hydrogens (primary N) is 1. The lowest BCUT2D eigenvalue weighted by atomic mass is 10.1. The number of carbonyl (C=O) groups excluding carboxylic acids is 2. The summed E-state index contributed by atoms with van der Waals surface area (Å²) in [4.78, 5) is 29.6. The largest absolute Gasteiger partial charge is 0.507 e. The Morgan fingerprint density at radius 1 is 1.24 bits per heavy atom. The summed E-state index contributed by atoms with van der Waals surface area (Å²) in [5.74, 6) is 0.0362. The second kappa shape index (κ2) is 13.2. The van der Waals surface area contributed by atoms with Crippen molar-refractivity contribution in [2.45, 2.75) is 25.8 Å². The first-order valence-corrected chi connectivity index (χ1v) is 9.61. The first kappa shape index (κ1) is 25.0. The second-order valence-electron chi connectivity index (χ2n) is 6.69. The van der Waals surface area contributed by atoms with E-state index < -0.39 is 0 Å². The van der Waals surface area contributed by atoms with Crippen LogP contribution in [0.5, 0.6) is 5.75 Å². The summed E-state index contributed by atoms with van der Waals surface area (Å²) >= 11 is 0. The standard InChI is InChI=1S/C19H30N6O3.HI/c1-2-21-19(24-14-7-11-25(12-8-14)13-17(20)27)23-10-9-22-18(28)15-5-3-4-6-16(15)26;/h3-6,14,26H,2,7-13H2,1H3,(H2,20,27)(H,22,28)(H2,21,23,24);1H. The van der Waals surface area contributed by atoms with Crippen molar-refractivity contribution in [1.29, 1.82) is 0 Å². The van der Waals surface area contributed by atoms with Gasteiger partial charge in [0.2, 0.25) is 5.91 Å². The number of phenols is 1. The van der Waals surface area contributed by atoms with Crippen LogP contribution in [0.4, 0.5) is 0 Å². The van der Waals surface area contributed by atoms with Crippen molar-refractivity contribution in [2.75, 3.05) is 39.3 Å².